The van der Waals surface area contributed by atoms with E-state index in [0.29, 0.717) is 22.1 Å². The first-order chi connectivity index (χ1) is 16.0. The van der Waals surface area contributed by atoms with Crippen LogP contribution in [0.5, 0.6) is 0 Å². The van der Waals surface area contributed by atoms with Crippen LogP contribution in [0.15, 0.2) is 82.0 Å². The number of benzene rings is 2. The largest absolute Gasteiger partial charge is 0.353 e. The molecule has 2 aromatic rings. The Hall–Kier alpha value is -3.39. The number of aliphatic imine (C=N–C) groups is 1. The van der Waals surface area contributed by atoms with Gasteiger partial charge in [-0.2, -0.15) is 0 Å². The van der Waals surface area contributed by atoms with Crippen molar-refractivity contribution < 1.29 is 14.0 Å². The van der Waals surface area contributed by atoms with Crippen LogP contribution >= 0.6 is 11.8 Å². The van der Waals surface area contributed by atoms with Crippen LogP contribution < -0.4 is 10.6 Å². The quantitative estimate of drug-likeness (QED) is 0.652. The zero-order chi connectivity index (χ0) is 22.9. The fourth-order valence-electron chi connectivity index (χ4n) is 4.01. The molecule has 8 heteroatoms. The van der Waals surface area contributed by atoms with Gasteiger partial charge in [0.15, 0.2) is 5.17 Å². The van der Waals surface area contributed by atoms with Gasteiger partial charge in [-0.3, -0.25) is 9.59 Å². The molecule has 0 aromatic heterocycles. The topological polar surface area (TPSA) is 73.8 Å². The van der Waals surface area contributed by atoms with E-state index >= 15 is 0 Å². The smallest absolute Gasteiger partial charge is 0.255 e. The number of nitrogens with zero attached hydrogens (tertiary/aromatic N) is 2. The van der Waals surface area contributed by atoms with Crippen molar-refractivity contribution in [2.45, 2.75) is 38.3 Å². The van der Waals surface area contributed by atoms with E-state index in [4.69, 9.17) is 0 Å². The number of thioether (sulfide) groups is 1. The fraction of sp³-hybridized carbons (Fsp3) is 0.240. The Bertz CT molecular complexity index is 1190. The molecule has 2 aliphatic heterocycles. The standard InChI is InChI=1S/C25H23FN4O2S/c1-15-22(24(32)29-18-5-3-2-4-6-18)23(16-7-9-17(26)10-8-16)30-20(14-33-25(30)27-15)13-21(31)28-19-11-12-19/h2-10,14,19,23H,11-13H2,1H3,(H,28,31)(H,29,32)/t23-/m0/s1. The maximum Gasteiger partial charge on any atom is 0.255 e. The van der Waals surface area contributed by atoms with Gasteiger partial charge in [-0.05, 0) is 55.0 Å². The van der Waals surface area contributed by atoms with Gasteiger partial charge in [0.2, 0.25) is 5.91 Å². The molecule has 6 nitrogen and oxygen atoms in total. The van der Waals surface area contributed by atoms with Gasteiger partial charge in [-0.15, -0.1) is 0 Å². The molecule has 3 aliphatic rings. The molecule has 0 spiro atoms. The van der Waals surface area contributed by atoms with Gasteiger partial charge in [0.25, 0.3) is 5.91 Å². The highest BCUT2D eigenvalue weighted by Crippen LogP contribution is 2.44. The average molecular weight is 463 g/mol. The zero-order valence-corrected chi connectivity index (χ0v) is 18.9. The third-order valence-electron chi connectivity index (χ3n) is 5.75. The van der Waals surface area contributed by atoms with Gasteiger partial charge in [0, 0.05) is 17.4 Å². The van der Waals surface area contributed by atoms with Crippen LogP contribution in [0, 0.1) is 5.82 Å². The SMILES string of the molecule is CC1=C(C(=O)Nc2ccccc2)[C@H](c2ccc(F)cc2)N2C(CC(=O)NC3CC3)=CSC2=N1. The number of nitrogens with one attached hydrogen (secondary N) is 2. The predicted octanol–water partition coefficient (Wildman–Crippen LogP) is 4.71. The van der Waals surface area contributed by atoms with Crippen molar-refractivity contribution in [2.24, 2.45) is 4.99 Å². The van der Waals surface area contributed by atoms with E-state index in [2.05, 4.69) is 15.6 Å². The number of rotatable bonds is 6. The number of para-hydroxylation sites is 1. The molecule has 0 radical (unpaired) electrons. The number of hydrogen-bond acceptors (Lipinski definition) is 5. The summed E-state index contributed by atoms with van der Waals surface area (Å²) in [4.78, 5) is 32.6. The highest BCUT2D eigenvalue weighted by molar-refractivity contribution is 8.16. The minimum atomic E-state index is -0.531. The summed E-state index contributed by atoms with van der Waals surface area (Å²) in [5.74, 6) is -0.686. The normalized spacial score (nSPS) is 19.6. The van der Waals surface area contributed by atoms with Crippen molar-refractivity contribution in [1.82, 2.24) is 10.2 Å². The molecule has 0 saturated heterocycles. The van der Waals surface area contributed by atoms with Crippen LogP contribution in [0.3, 0.4) is 0 Å². The maximum absolute atomic E-state index is 13.7. The first-order valence-corrected chi connectivity index (χ1v) is 11.7. The van der Waals surface area contributed by atoms with Crippen molar-refractivity contribution in [2.75, 3.05) is 5.32 Å². The molecule has 0 unspecified atom stereocenters. The highest BCUT2D eigenvalue weighted by atomic mass is 32.2. The number of carbonyl (C=O) groups excluding carboxylic acids is 2. The Morgan fingerprint density at radius 1 is 1.12 bits per heavy atom. The molecular weight excluding hydrogens is 439 g/mol. The lowest BCUT2D eigenvalue weighted by Gasteiger charge is -2.36. The summed E-state index contributed by atoms with van der Waals surface area (Å²) < 4.78 is 13.7. The highest BCUT2D eigenvalue weighted by Gasteiger charge is 2.40. The number of amidine groups is 1. The van der Waals surface area contributed by atoms with E-state index in [1.807, 2.05) is 40.6 Å². The van der Waals surface area contributed by atoms with Crippen LogP contribution in [-0.2, 0) is 9.59 Å². The van der Waals surface area contributed by atoms with Gasteiger partial charge in [0.05, 0.1) is 23.7 Å². The minimum Gasteiger partial charge on any atom is -0.353 e. The lowest BCUT2D eigenvalue weighted by molar-refractivity contribution is -0.120. The summed E-state index contributed by atoms with van der Waals surface area (Å²) in [6.07, 6.45) is 2.21. The summed E-state index contributed by atoms with van der Waals surface area (Å²) in [5, 5.41) is 8.58. The molecule has 33 heavy (non-hydrogen) atoms. The summed E-state index contributed by atoms with van der Waals surface area (Å²) >= 11 is 1.43. The van der Waals surface area contributed by atoms with E-state index in [-0.39, 0.29) is 30.1 Å². The first kappa shape index (κ1) is 21.5. The Balaban J connectivity index is 1.50. The molecule has 2 N–H and O–H groups in total. The van der Waals surface area contributed by atoms with Crippen molar-refractivity contribution in [3.63, 3.8) is 0 Å². The van der Waals surface area contributed by atoms with Gasteiger partial charge in [-0.1, -0.05) is 42.1 Å². The molecule has 0 bridgehead atoms. The molecule has 1 fully saturated rings. The lowest BCUT2D eigenvalue weighted by atomic mass is 9.93. The molecule has 5 rings (SSSR count). The van der Waals surface area contributed by atoms with Crippen LogP contribution in [0.2, 0.25) is 0 Å². The van der Waals surface area contributed by atoms with E-state index in [1.54, 1.807) is 19.1 Å². The number of allylic oxidation sites excluding steroid dienone is 1. The van der Waals surface area contributed by atoms with Gasteiger partial charge in [0.1, 0.15) is 5.82 Å². The third kappa shape index (κ3) is 4.57. The third-order valence-corrected chi connectivity index (χ3v) is 6.64. The molecular formula is C25H23FN4O2S. The van der Waals surface area contributed by atoms with Crippen molar-refractivity contribution in [3.05, 3.63) is 88.4 Å². The second-order valence-corrected chi connectivity index (χ2v) is 9.12. The second kappa shape index (κ2) is 8.86. The van der Waals surface area contributed by atoms with E-state index in [9.17, 15) is 14.0 Å². The number of hydrogen-bond donors (Lipinski definition) is 2. The van der Waals surface area contributed by atoms with Crippen LogP contribution in [-0.4, -0.2) is 27.9 Å². The number of anilines is 1. The lowest BCUT2D eigenvalue weighted by Crippen LogP contribution is -2.39. The first-order valence-electron chi connectivity index (χ1n) is 10.9. The Kier molecular flexibility index (Phi) is 5.76. The number of amides is 2. The fourth-order valence-corrected chi connectivity index (χ4v) is 4.98. The number of fused-ring (bicyclic) bond motifs is 1. The Labute approximate surface area is 195 Å². The summed E-state index contributed by atoms with van der Waals surface area (Å²) in [7, 11) is 0. The summed E-state index contributed by atoms with van der Waals surface area (Å²) in [6, 6.07) is 15.1. The summed E-state index contributed by atoms with van der Waals surface area (Å²) in [6.45, 7) is 1.80. The predicted molar refractivity (Wildman–Crippen MR) is 128 cm³/mol. The molecule has 1 saturated carbocycles. The van der Waals surface area contributed by atoms with Crippen LogP contribution in [0.25, 0.3) is 0 Å². The maximum atomic E-state index is 13.7. The molecule has 2 amide bonds. The van der Waals surface area contributed by atoms with Crippen molar-refractivity contribution in [3.8, 4) is 0 Å². The molecule has 2 heterocycles. The van der Waals surface area contributed by atoms with Crippen molar-refractivity contribution >= 4 is 34.4 Å². The van der Waals surface area contributed by atoms with E-state index in [1.165, 1.54) is 23.9 Å². The summed E-state index contributed by atoms with van der Waals surface area (Å²) in [5.41, 5.74) is 3.24. The second-order valence-electron chi connectivity index (χ2n) is 8.28. The zero-order valence-electron chi connectivity index (χ0n) is 18.0. The molecule has 2 aromatic carbocycles. The van der Waals surface area contributed by atoms with Crippen molar-refractivity contribution in [1.29, 1.82) is 0 Å². The Morgan fingerprint density at radius 3 is 2.55 bits per heavy atom. The van der Waals surface area contributed by atoms with Crippen LogP contribution in [0.1, 0.15) is 37.8 Å². The van der Waals surface area contributed by atoms with Gasteiger partial charge < -0.3 is 15.5 Å². The number of halogens is 1. The van der Waals surface area contributed by atoms with E-state index in [0.717, 1.165) is 24.1 Å². The molecule has 1 atom stereocenters. The van der Waals surface area contributed by atoms with Crippen LogP contribution in [0.4, 0.5) is 10.1 Å². The minimum absolute atomic E-state index is 0.0509. The van der Waals surface area contributed by atoms with E-state index < -0.39 is 6.04 Å². The average Bonchev–Trinajstić information content (AvgIpc) is 3.53. The Morgan fingerprint density at radius 2 is 1.85 bits per heavy atom. The van der Waals surface area contributed by atoms with Gasteiger partial charge >= 0.3 is 0 Å². The molecule has 1 aliphatic carbocycles. The molecule has 168 valence electrons. The number of carbonyl (C=O) groups is 2. The monoisotopic (exact) mass is 462 g/mol. The van der Waals surface area contributed by atoms with Gasteiger partial charge in [-0.25, -0.2) is 9.38 Å².